The highest BCUT2D eigenvalue weighted by Gasteiger charge is 2.32. The van der Waals surface area contributed by atoms with Crippen LogP contribution in [0.15, 0.2) is 54.7 Å². The minimum Gasteiger partial charge on any atom is -0.489 e. The molecule has 1 atom stereocenters. The van der Waals surface area contributed by atoms with E-state index in [0.717, 1.165) is 27.8 Å². The Kier molecular flexibility index (Phi) is 6.96. The monoisotopic (exact) mass is 450 g/mol. The standard InChI is InChI=1S/C25H30N4O4/c1-27(2)23(30)16-28-10-12-29(13-11-28)24(25(31)32)21-15-26-22-14-19(8-9-20(21)22)33-17-18-6-4-3-5-7-18/h3-9,14-15,24,26H,10-13,16-17H2,1-2H3,(H,31,32)/t24-/m1/s1. The number of piperazine rings is 1. The molecule has 1 aliphatic rings. The van der Waals surface area contributed by atoms with E-state index in [2.05, 4.69) is 9.88 Å². The van der Waals surface area contributed by atoms with Crippen LogP contribution in [0.5, 0.6) is 5.75 Å². The van der Waals surface area contributed by atoms with Crippen LogP contribution in [0.1, 0.15) is 17.2 Å². The van der Waals surface area contributed by atoms with Gasteiger partial charge in [-0.3, -0.25) is 19.4 Å². The third-order valence-electron chi connectivity index (χ3n) is 6.09. The number of aromatic nitrogens is 1. The minimum atomic E-state index is -0.877. The van der Waals surface area contributed by atoms with Gasteiger partial charge in [0, 0.05) is 69.0 Å². The molecule has 4 rings (SSSR count). The van der Waals surface area contributed by atoms with Crippen LogP contribution < -0.4 is 4.74 Å². The zero-order chi connectivity index (χ0) is 23.4. The van der Waals surface area contributed by atoms with E-state index in [0.29, 0.717) is 39.3 Å². The van der Waals surface area contributed by atoms with Crippen LogP contribution >= 0.6 is 0 Å². The molecule has 2 N–H and O–H groups in total. The molecule has 1 amide bonds. The molecule has 1 saturated heterocycles. The predicted octanol–water partition coefficient (Wildman–Crippen LogP) is 2.58. The van der Waals surface area contributed by atoms with E-state index in [1.807, 2.05) is 53.4 Å². The maximum absolute atomic E-state index is 12.3. The number of likely N-dealkylation sites (N-methyl/N-ethyl adjacent to an activating group) is 1. The molecular formula is C25H30N4O4. The Labute approximate surface area is 193 Å². The van der Waals surface area contributed by atoms with Gasteiger partial charge in [-0.25, -0.2) is 0 Å². The Morgan fingerprint density at radius 2 is 1.82 bits per heavy atom. The first-order valence-corrected chi connectivity index (χ1v) is 11.1. The summed E-state index contributed by atoms with van der Waals surface area (Å²) in [5.74, 6) is -0.0934. The Bertz CT molecular complexity index is 1100. The van der Waals surface area contributed by atoms with Crippen molar-refractivity contribution in [2.24, 2.45) is 0 Å². The molecule has 2 aromatic carbocycles. The van der Waals surface area contributed by atoms with E-state index >= 15 is 0 Å². The van der Waals surface area contributed by atoms with Crippen molar-refractivity contribution in [1.82, 2.24) is 19.7 Å². The van der Waals surface area contributed by atoms with Crippen molar-refractivity contribution in [2.75, 3.05) is 46.8 Å². The molecule has 174 valence electrons. The maximum atomic E-state index is 12.3. The number of fused-ring (bicyclic) bond motifs is 1. The number of carboxylic acids is 1. The van der Waals surface area contributed by atoms with Gasteiger partial charge in [0.05, 0.1) is 6.54 Å². The molecule has 0 bridgehead atoms. The molecule has 0 radical (unpaired) electrons. The number of amides is 1. The number of hydrogen-bond donors (Lipinski definition) is 2. The number of H-pyrrole nitrogens is 1. The summed E-state index contributed by atoms with van der Waals surface area (Å²) >= 11 is 0. The molecule has 3 aromatic rings. The van der Waals surface area contributed by atoms with Gasteiger partial charge in [-0.05, 0) is 17.7 Å². The lowest BCUT2D eigenvalue weighted by molar-refractivity contribution is -0.145. The minimum absolute atomic E-state index is 0.0557. The third-order valence-corrected chi connectivity index (χ3v) is 6.09. The van der Waals surface area contributed by atoms with Gasteiger partial charge in [-0.15, -0.1) is 0 Å². The third kappa shape index (κ3) is 5.35. The van der Waals surface area contributed by atoms with Gasteiger partial charge in [-0.1, -0.05) is 30.3 Å². The number of benzene rings is 2. The van der Waals surface area contributed by atoms with Crippen LogP contribution in [0.4, 0.5) is 0 Å². The van der Waals surface area contributed by atoms with Gasteiger partial charge in [0.2, 0.25) is 5.91 Å². The zero-order valence-corrected chi connectivity index (χ0v) is 19.0. The van der Waals surface area contributed by atoms with E-state index in [1.165, 1.54) is 0 Å². The summed E-state index contributed by atoms with van der Waals surface area (Å²) < 4.78 is 5.91. The van der Waals surface area contributed by atoms with Crippen LogP contribution in [0, 0.1) is 0 Å². The number of hydrogen-bond acceptors (Lipinski definition) is 5. The summed E-state index contributed by atoms with van der Waals surface area (Å²) in [6.45, 7) is 3.31. The largest absolute Gasteiger partial charge is 0.489 e. The van der Waals surface area contributed by atoms with Crippen molar-refractivity contribution in [2.45, 2.75) is 12.6 Å². The van der Waals surface area contributed by atoms with Crippen molar-refractivity contribution in [3.05, 3.63) is 65.9 Å². The number of aromatic amines is 1. The first-order chi connectivity index (χ1) is 15.9. The van der Waals surface area contributed by atoms with Crippen molar-refractivity contribution in [3.63, 3.8) is 0 Å². The van der Waals surface area contributed by atoms with Crippen LogP contribution in [0.25, 0.3) is 10.9 Å². The Morgan fingerprint density at radius 1 is 1.09 bits per heavy atom. The van der Waals surface area contributed by atoms with E-state index < -0.39 is 12.0 Å². The highest BCUT2D eigenvalue weighted by atomic mass is 16.5. The van der Waals surface area contributed by atoms with Gasteiger partial charge in [-0.2, -0.15) is 0 Å². The van der Waals surface area contributed by atoms with Crippen molar-refractivity contribution >= 4 is 22.8 Å². The van der Waals surface area contributed by atoms with Gasteiger partial charge in [0.25, 0.3) is 0 Å². The SMILES string of the molecule is CN(C)C(=O)CN1CCN([C@@H](C(=O)O)c2c[nH]c3cc(OCc4ccccc4)ccc23)CC1. The number of aliphatic carboxylic acids is 1. The summed E-state index contributed by atoms with van der Waals surface area (Å²) in [6, 6.07) is 14.9. The van der Waals surface area contributed by atoms with Crippen molar-refractivity contribution < 1.29 is 19.4 Å². The number of ether oxygens (including phenoxy) is 1. The lowest BCUT2D eigenvalue weighted by Crippen LogP contribution is -2.51. The van der Waals surface area contributed by atoms with Crippen LogP contribution in [0.2, 0.25) is 0 Å². The topological polar surface area (TPSA) is 89.1 Å². The maximum Gasteiger partial charge on any atom is 0.325 e. The molecule has 8 heteroatoms. The van der Waals surface area contributed by atoms with Crippen LogP contribution in [-0.2, 0) is 16.2 Å². The molecule has 1 fully saturated rings. The van der Waals surface area contributed by atoms with Crippen LogP contribution in [-0.4, -0.2) is 83.5 Å². The summed E-state index contributed by atoms with van der Waals surface area (Å²) in [4.78, 5) is 33.1. The summed E-state index contributed by atoms with van der Waals surface area (Å²) in [5, 5.41) is 10.9. The fourth-order valence-corrected chi connectivity index (χ4v) is 4.18. The average molecular weight is 451 g/mol. The van der Waals surface area contributed by atoms with Crippen LogP contribution in [0.3, 0.4) is 0 Å². The predicted molar refractivity (Wildman–Crippen MR) is 126 cm³/mol. The number of rotatable bonds is 8. The Morgan fingerprint density at radius 3 is 2.48 bits per heavy atom. The van der Waals surface area contributed by atoms with E-state index in [-0.39, 0.29) is 5.91 Å². The number of carboxylic acid groups (broad SMARTS) is 1. The number of carbonyl (C=O) groups excluding carboxylic acids is 1. The molecule has 0 aliphatic carbocycles. The quantitative estimate of drug-likeness (QED) is 0.548. The molecule has 1 aromatic heterocycles. The summed E-state index contributed by atoms with van der Waals surface area (Å²) in [5.41, 5.74) is 2.67. The first-order valence-electron chi connectivity index (χ1n) is 11.1. The molecule has 33 heavy (non-hydrogen) atoms. The Hall–Kier alpha value is -3.36. The number of nitrogens with zero attached hydrogens (tertiary/aromatic N) is 3. The summed E-state index contributed by atoms with van der Waals surface area (Å²) in [7, 11) is 3.49. The fourth-order valence-electron chi connectivity index (χ4n) is 4.18. The van der Waals surface area contributed by atoms with E-state index in [4.69, 9.17) is 4.74 Å². The second-order valence-corrected chi connectivity index (χ2v) is 8.57. The van der Waals surface area contributed by atoms with Crippen molar-refractivity contribution in [3.8, 4) is 5.75 Å². The molecular weight excluding hydrogens is 420 g/mol. The van der Waals surface area contributed by atoms with E-state index in [9.17, 15) is 14.7 Å². The highest BCUT2D eigenvalue weighted by Crippen LogP contribution is 2.31. The van der Waals surface area contributed by atoms with Gasteiger partial charge < -0.3 is 19.7 Å². The molecule has 0 unspecified atom stereocenters. The van der Waals surface area contributed by atoms with Crippen molar-refractivity contribution in [1.29, 1.82) is 0 Å². The normalized spacial score (nSPS) is 15.9. The van der Waals surface area contributed by atoms with Gasteiger partial charge >= 0.3 is 5.97 Å². The Balaban J connectivity index is 1.45. The smallest absolute Gasteiger partial charge is 0.325 e. The zero-order valence-electron chi connectivity index (χ0n) is 19.0. The lowest BCUT2D eigenvalue weighted by Gasteiger charge is -2.37. The van der Waals surface area contributed by atoms with Gasteiger partial charge in [0.15, 0.2) is 0 Å². The number of carbonyl (C=O) groups is 2. The second-order valence-electron chi connectivity index (χ2n) is 8.57. The number of nitrogens with one attached hydrogen (secondary N) is 1. The lowest BCUT2D eigenvalue weighted by atomic mass is 10.0. The average Bonchev–Trinajstić information content (AvgIpc) is 3.22. The van der Waals surface area contributed by atoms with Gasteiger partial charge in [0.1, 0.15) is 18.4 Å². The summed E-state index contributed by atoms with van der Waals surface area (Å²) in [6.07, 6.45) is 1.78. The fraction of sp³-hybridized carbons (Fsp3) is 0.360. The van der Waals surface area contributed by atoms with E-state index in [1.54, 1.807) is 25.2 Å². The molecule has 0 spiro atoms. The second kappa shape index (κ2) is 10.1. The molecule has 8 nitrogen and oxygen atoms in total. The molecule has 0 saturated carbocycles. The molecule has 1 aliphatic heterocycles. The first kappa shape index (κ1) is 22.8. The molecule has 2 heterocycles. The highest BCUT2D eigenvalue weighted by molar-refractivity contribution is 5.90.